The summed E-state index contributed by atoms with van der Waals surface area (Å²) in [6.07, 6.45) is 0. The minimum atomic E-state index is 0.00614. The van der Waals surface area contributed by atoms with E-state index >= 15 is 0 Å². The minimum Gasteiger partial charge on any atom is -0.337 e. The van der Waals surface area contributed by atoms with Crippen LogP contribution in [0, 0.1) is 6.92 Å². The predicted octanol–water partition coefficient (Wildman–Crippen LogP) is 4.33. The van der Waals surface area contributed by atoms with Gasteiger partial charge >= 0.3 is 0 Å². The van der Waals surface area contributed by atoms with Gasteiger partial charge in [-0.3, -0.25) is 9.69 Å². The molecule has 4 rings (SSSR count). The summed E-state index contributed by atoms with van der Waals surface area (Å²) in [5.41, 5.74) is 2.86. The van der Waals surface area contributed by atoms with Crippen LogP contribution in [0.1, 0.15) is 34.8 Å². The van der Waals surface area contributed by atoms with Gasteiger partial charge in [0.2, 0.25) is 11.7 Å². The molecule has 0 saturated carbocycles. The fraction of sp³-hybridized carbons (Fsp3) is 0.318. The van der Waals surface area contributed by atoms with Gasteiger partial charge in [-0.05, 0) is 38.1 Å². The Bertz CT molecular complexity index is 977. The maximum Gasteiger partial charge on any atom is 0.253 e. The minimum absolute atomic E-state index is 0.00614. The summed E-state index contributed by atoms with van der Waals surface area (Å²) < 4.78 is 6.50. The molecule has 0 bridgehead atoms. The van der Waals surface area contributed by atoms with E-state index in [0.29, 0.717) is 30.4 Å². The van der Waals surface area contributed by atoms with Crippen LogP contribution in [-0.4, -0.2) is 52.0 Å². The number of benzene rings is 2. The van der Waals surface area contributed by atoms with Crippen LogP contribution < -0.4 is 0 Å². The second-order valence-corrected chi connectivity index (χ2v) is 8.25. The van der Waals surface area contributed by atoms with E-state index in [-0.39, 0.29) is 11.9 Å². The van der Waals surface area contributed by atoms with Gasteiger partial charge < -0.3 is 9.42 Å². The Hall–Kier alpha value is -2.51. The van der Waals surface area contributed by atoms with Crippen molar-refractivity contribution in [3.05, 3.63) is 70.0 Å². The molecule has 1 fully saturated rings. The van der Waals surface area contributed by atoms with Crippen molar-refractivity contribution >= 4 is 21.8 Å². The largest absolute Gasteiger partial charge is 0.337 e. The van der Waals surface area contributed by atoms with Crippen LogP contribution in [0.15, 0.2) is 57.5 Å². The molecule has 0 spiro atoms. The van der Waals surface area contributed by atoms with Crippen molar-refractivity contribution in [3.63, 3.8) is 0 Å². The van der Waals surface area contributed by atoms with E-state index in [0.717, 1.165) is 23.1 Å². The molecule has 1 atom stereocenters. The first-order chi connectivity index (χ1) is 14.0. The summed E-state index contributed by atoms with van der Waals surface area (Å²) in [7, 11) is 0. The molecule has 2 heterocycles. The molecule has 0 radical (unpaired) electrons. The summed E-state index contributed by atoms with van der Waals surface area (Å²) >= 11 is 3.40. The van der Waals surface area contributed by atoms with Gasteiger partial charge in [-0.1, -0.05) is 50.9 Å². The zero-order valence-electron chi connectivity index (χ0n) is 16.5. The lowest BCUT2D eigenvalue weighted by Gasteiger charge is -2.36. The van der Waals surface area contributed by atoms with Crippen molar-refractivity contribution in [2.45, 2.75) is 19.9 Å². The van der Waals surface area contributed by atoms with E-state index in [2.05, 4.69) is 44.8 Å². The van der Waals surface area contributed by atoms with Crippen molar-refractivity contribution in [3.8, 4) is 11.4 Å². The van der Waals surface area contributed by atoms with Gasteiger partial charge in [0, 0.05) is 41.8 Å². The molecule has 0 N–H and O–H groups in total. The third-order valence-electron chi connectivity index (χ3n) is 5.35. The molecule has 29 heavy (non-hydrogen) atoms. The number of amides is 1. The number of piperazine rings is 1. The Morgan fingerprint density at radius 2 is 1.69 bits per heavy atom. The average Bonchev–Trinajstić information content (AvgIpc) is 3.24. The number of hydrogen-bond acceptors (Lipinski definition) is 5. The molecule has 1 saturated heterocycles. The van der Waals surface area contributed by atoms with Gasteiger partial charge in [0.25, 0.3) is 5.91 Å². The molecule has 6 nitrogen and oxygen atoms in total. The SMILES string of the molecule is Cc1ccc(-c2noc(C(C)N3CCN(C(=O)c4ccc(Br)cc4)CC3)n2)cc1. The van der Waals surface area contributed by atoms with Crippen molar-refractivity contribution in [1.29, 1.82) is 0 Å². The van der Waals surface area contributed by atoms with Crippen molar-refractivity contribution < 1.29 is 9.32 Å². The summed E-state index contributed by atoms with van der Waals surface area (Å²) in [6.45, 7) is 7.01. The van der Waals surface area contributed by atoms with Crippen LogP contribution in [-0.2, 0) is 0 Å². The first-order valence-corrected chi connectivity index (χ1v) is 10.5. The molecule has 1 amide bonds. The molecule has 1 aliphatic rings. The zero-order valence-corrected chi connectivity index (χ0v) is 18.1. The number of nitrogens with zero attached hydrogens (tertiary/aromatic N) is 4. The Kier molecular flexibility index (Phi) is 5.78. The van der Waals surface area contributed by atoms with Gasteiger partial charge in [0.15, 0.2) is 0 Å². The van der Waals surface area contributed by atoms with Gasteiger partial charge in [0.05, 0.1) is 6.04 Å². The van der Waals surface area contributed by atoms with Crippen LogP contribution in [0.5, 0.6) is 0 Å². The summed E-state index contributed by atoms with van der Waals surface area (Å²) in [6, 6.07) is 15.6. The molecule has 1 aromatic heterocycles. The van der Waals surface area contributed by atoms with Gasteiger partial charge in [0.1, 0.15) is 0 Å². The van der Waals surface area contributed by atoms with Crippen LogP contribution in [0.3, 0.4) is 0 Å². The van der Waals surface area contributed by atoms with E-state index in [1.807, 2.05) is 53.4 Å². The van der Waals surface area contributed by atoms with E-state index in [9.17, 15) is 4.79 Å². The molecule has 0 aliphatic carbocycles. The number of aromatic nitrogens is 2. The van der Waals surface area contributed by atoms with E-state index in [4.69, 9.17) is 4.52 Å². The van der Waals surface area contributed by atoms with E-state index < -0.39 is 0 Å². The summed E-state index contributed by atoms with van der Waals surface area (Å²) in [5, 5.41) is 4.14. The molecule has 150 valence electrons. The third-order valence-corrected chi connectivity index (χ3v) is 5.88. The van der Waals surface area contributed by atoms with Crippen molar-refractivity contribution in [2.75, 3.05) is 26.2 Å². The van der Waals surface area contributed by atoms with Crippen molar-refractivity contribution in [2.24, 2.45) is 0 Å². The maximum atomic E-state index is 12.7. The summed E-state index contributed by atoms with van der Waals surface area (Å²) in [4.78, 5) is 21.5. The van der Waals surface area contributed by atoms with E-state index in [1.54, 1.807) is 0 Å². The smallest absolute Gasteiger partial charge is 0.253 e. The highest BCUT2D eigenvalue weighted by Crippen LogP contribution is 2.24. The highest BCUT2D eigenvalue weighted by molar-refractivity contribution is 9.10. The Labute approximate surface area is 178 Å². The topological polar surface area (TPSA) is 62.5 Å². The Morgan fingerprint density at radius 3 is 2.34 bits per heavy atom. The first-order valence-electron chi connectivity index (χ1n) is 9.71. The standard InChI is InChI=1S/C22H23BrN4O2/c1-15-3-5-17(6-4-15)20-24-21(29-25-20)16(2)26-11-13-27(14-12-26)22(28)18-7-9-19(23)10-8-18/h3-10,16H,11-14H2,1-2H3. The molecule has 7 heteroatoms. The van der Waals surface area contributed by atoms with Crippen LogP contribution in [0.25, 0.3) is 11.4 Å². The van der Waals surface area contributed by atoms with Gasteiger partial charge in [-0.25, -0.2) is 0 Å². The highest BCUT2D eigenvalue weighted by atomic mass is 79.9. The monoisotopic (exact) mass is 454 g/mol. The number of aryl methyl sites for hydroxylation is 1. The number of halogens is 1. The molecule has 3 aromatic rings. The number of rotatable bonds is 4. The highest BCUT2D eigenvalue weighted by Gasteiger charge is 2.28. The van der Waals surface area contributed by atoms with Gasteiger partial charge in [-0.15, -0.1) is 0 Å². The van der Waals surface area contributed by atoms with E-state index in [1.165, 1.54) is 5.56 Å². The summed E-state index contributed by atoms with van der Waals surface area (Å²) in [5.74, 6) is 1.29. The normalized spacial score (nSPS) is 16.0. The molecule has 2 aromatic carbocycles. The Balaban J connectivity index is 1.38. The second-order valence-electron chi connectivity index (χ2n) is 7.33. The average molecular weight is 455 g/mol. The molecular formula is C22H23BrN4O2. The maximum absolute atomic E-state index is 12.7. The molecule has 1 aliphatic heterocycles. The van der Waals surface area contributed by atoms with Crippen LogP contribution in [0.4, 0.5) is 0 Å². The quantitative estimate of drug-likeness (QED) is 0.586. The van der Waals surface area contributed by atoms with Gasteiger partial charge in [-0.2, -0.15) is 4.98 Å². The molecular weight excluding hydrogens is 432 g/mol. The number of hydrogen-bond donors (Lipinski definition) is 0. The van der Waals surface area contributed by atoms with Crippen molar-refractivity contribution in [1.82, 2.24) is 19.9 Å². The lowest BCUT2D eigenvalue weighted by atomic mass is 10.1. The fourth-order valence-electron chi connectivity index (χ4n) is 3.47. The number of carbonyl (C=O) groups is 1. The lowest BCUT2D eigenvalue weighted by Crippen LogP contribution is -2.49. The zero-order chi connectivity index (χ0) is 20.4. The molecule has 1 unspecified atom stereocenters. The number of carbonyl (C=O) groups excluding carboxylic acids is 1. The fourth-order valence-corrected chi connectivity index (χ4v) is 3.73. The lowest BCUT2D eigenvalue weighted by molar-refractivity contribution is 0.0551. The second kappa shape index (κ2) is 8.47. The first kappa shape index (κ1) is 19.8. The Morgan fingerprint density at radius 1 is 1.03 bits per heavy atom. The van der Waals surface area contributed by atoms with Crippen LogP contribution in [0.2, 0.25) is 0 Å². The predicted molar refractivity (Wildman–Crippen MR) is 115 cm³/mol. The van der Waals surface area contributed by atoms with Crippen LogP contribution >= 0.6 is 15.9 Å². The third kappa shape index (κ3) is 4.41.